The van der Waals surface area contributed by atoms with Gasteiger partial charge in [0.05, 0.1) is 17.0 Å². The Morgan fingerprint density at radius 2 is 1.87 bits per heavy atom. The van der Waals surface area contributed by atoms with Gasteiger partial charge in [0.15, 0.2) is 6.61 Å². The highest BCUT2D eigenvalue weighted by atomic mass is 32.2. The third kappa shape index (κ3) is 5.82. The van der Waals surface area contributed by atoms with Crippen molar-refractivity contribution < 1.29 is 23.5 Å². The van der Waals surface area contributed by atoms with Gasteiger partial charge in [0.25, 0.3) is 5.91 Å². The summed E-state index contributed by atoms with van der Waals surface area (Å²) in [4.78, 5) is 39.1. The van der Waals surface area contributed by atoms with E-state index in [0.29, 0.717) is 4.90 Å². The van der Waals surface area contributed by atoms with Crippen LogP contribution in [0.3, 0.4) is 0 Å². The molecule has 0 saturated carbocycles. The van der Waals surface area contributed by atoms with Gasteiger partial charge in [-0.1, -0.05) is 18.2 Å². The van der Waals surface area contributed by atoms with Crippen LogP contribution in [-0.4, -0.2) is 48.1 Å². The molecule has 158 valence electrons. The van der Waals surface area contributed by atoms with Gasteiger partial charge in [0, 0.05) is 18.0 Å². The van der Waals surface area contributed by atoms with Crippen LogP contribution in [0.4, 0.5) is 10.1 Å². The lowest BCUT2D eigenvalue weighted by molar-refractivity contribution is -0.127. The molecule has 0 atom stereocenters. The molecule has 0 radical (unpaired) electrons. The van der Waals surface area contributed by atoms with E-state index in [1.165, 1.54) is 23.9 Å². The average Bonchev–Trinajstić information content (AvgIpc) is 3.27. The molecule has 30 heavy (non-hydrogen) atoms. The number of hydrogen-bond donors (Lipinski definition) is 1. The molecule has 6 nitrogen and oxygen atoms in total. The molecule has 1 saturated heterocycles. The maximum Gasteiger partial charge on any atom is 0.339 e. The summed E-state index contributed by atoms with van der Waals surface area (Å²) in [6.07, 6.45) is 2.04. The second-order valence-electron chi connectivity index (χ2n) is 6.98. The highest BCUT2D eigenvalue weighted by Crippen LogP contribution is 2.24. The molecule has 0 unspecified atom stereocenters. The molecular formula is C22H23FN2O4S. The summed E-state index contributed by atoms with van der Waals surface area (Å²) < 4.78 is 18.9. The standard InChI is InChI=1S/C22H23FN2O4S/c1-15-8-9-18(17(23)12-15)24-20(26)13-29-22(28)16-6-2-3-7-19(16)30-14-21(27)25-10-4-5-11-25/h2-3,6-9,12H,4-5,10-11,13-14H2,1H3,(H,24,26). The van der Waals surface area contributed by atoms with E-state index < -0.39 is 24.3 Å². The number of carbonyl (C=O) groups excluding carboxylic acids is 3. The minimum absolute atomic E-state index is 0.0260. The van der Waals surface area contributed by atoms with Crippen molar-refractivity contribution in [2.75, 3.05) is 30.8 Å². The average molecular weight is 431 g/mol. The lowest BCUT2D eigenvalue weighted by atomic mass is 10.2. The van der Waals surface area contributed by atoms with Gasteiger partial charge in [-0.25, -0.2) is 9.18 Å². The fraction of sp³-hybridized carbons (Fsp3) is 0.318. The fourth-order valence-corrected chi connectivity index (χ4v) is 4.02. The van der Waals surface area contributed by atoms with E-state index in [1.54, 1.807) is 37.3 Å². The van der Waals surface area contributed by atoms with E-state index in [0.717, 1.165) is 31.5 Å². The van der Waals surface area contributed by atoms with Crippen molar-refractivity contribution in [2.45, 2.75) is 24.7 Å². The zero-order chi connectivity index (χ0) is 21.5. The van der Waals surface area contributed by atoms with Crippen LogP contribution in [0.2, 0.25) is 0 Å². The maximum absolute atomic E-state index is 13.8. The van der Waals surface area contributed by atoms with Crippen molar-refractivity contribution in [2.24, 2.45) is 0 Å². The van der Waals surface area contributed by atoms with E-state index in [4.69, 9.17) is 4.74 Å². The zero-order valence-corrected chi connectivity index (χ0v) is 17.5. The molecule has 0 aromatic heterocycles. The summed E-state index contributed by atoms with van der Waals surface area (Å²) in [5, 5.41) is 2.38. The Kier molecular flexibility index (Phi) is 7.46. The Hall–Kier alpha value is -2.87. The Bertz CT molecular complexity index is 944. The second kappa shape index (κ2) is 10.2. The summed E-state index contributed by atoms with van der Waals surface area (Å²) in [6, 6.07) is 11.2. The molecule has 1 heterocycles. The minimum Gasteiger partial charge on any atom is -0.452 e. The number of esters is 1. The SMILES string of the molecule is Cc1ccc(NC(=O)COC(=O)c2ccccc2SCC(=O)N2CCCC2)c(F)c1. The number of aryl methyl sites for hydroxylation is 1. The van der Waals surface area contributed by atoms with Gasteiger partial charge in [0.2, 0.25) is 5.91 Å². The Labute approximate surface area is 178 Å². The molecule has 2 amide bonds. The molecule has 0 aliphatic carbocycles. The Morgan fingerprint density at radius 3 is 2.60 bits per heavy atom. The fourth-order valence-electron chi connectivity index (χ4n) is 3.08. The zero-order valence-electron chi connectivity index (χ0n) is 16.7. The molecule has 2 aromatic rings. The number of nitrogens with zero attached hydrogens (tertiary/aromatic N) is 1. The molecule has 3 rings (SSSR count). The van der Waals surface area contributed by atoms with Crippen LogP contribution in [0, 0.1) is 12.7 Å². The van der Waals surface area contributed by atoms with E-state index >= 15 is 0 Å². The molecule has 1 aliphatic heterocycles. The molecular weight excluding hydrogens is 407 g/mol. The van der Waals surface area contributed by atoms with Gasteiger partial charge in [-0.05, 0) is 49.6 Å². The van der Waals surface area contributed by atoms with Crippen LogP contribution in [0.15, 0.2) is 47.4 Å². The molecule has 1 fully saturated rings. The van der Waals surface area contributed by atoms with E-state index in [1.807, 2.05) is 4.90 Å². The lowest BCUT2D eigenvalue weighted by Crippen LogP contribution is -2.29. The Morgan fingerprint density at radius 1 is 1.13 bits per heavy atom. The van der Waals surface area contributed by atoms with Crippen molar-refractivity contribution in [3.63, 3.8) is 0 Å². The van der Waals surface area contributed by atoms with Crippen molar-refractivity contribution in [1.29, 1.82) is 0 Å². The predicted octanol–water partition coefficient (Wildman–Crippen LogP) is 3.64. The summed E-state index contributed by atoms with van der Waals surface area (Å²) in [5.74, 6) is -1.59. The van der Waals surface area contributed by atoms with Gasteiger partial charge in [0.1, 0.15) is 5.82 Å². The number of carbonyl (C=O) groups is 3. The van der Waals surface area contributed by atoms with Crippen LogP contribution in [0.25, 0.3) is 0 Å². The van der Waals surface area contributed by atoms with Crippen LogP contribution >= 0.6 is 11.8 Å². The van der Waals surface area contributed by atoms with Crippen molar-refractivity contribution in [3.05, 3.63) is 59.4 Å². The first-order valence-electron chi connectivity index (χ1n) is 9.67. The molecule has 2 aromatic carbocycles. The number of nitrogens with one attached hydrogen (secondary N) is 1. The lowest BCUT2D eigenvalue weighted by Gasteiger charge is -2.15. The molecule has 8 heteroatoms. The quantitative estimate of drug-likeness (QED) is 0.536. The maximum atomic E-state index is 13.8. The normalized spacial score (nSPS) is 13.2. The number of halogens is 1. The molecule has 0 spiro atoms. The van der Waals surface area contributed by atoms with Gasteiger partial charge in [-0.15, -0.1) is 11.8 Å². The number of rotatable bonds is 7. The highest BCUT2D eigenvalue weighted by Gasteiger charge is 2.20. The van der Waals surface area contributed by atoms with Crippen molar-refractivity contribution >= 4 is 35.2 Å². The first kappa shape index (κ1) is 21.8. The first-order valence-corrected chi connectivity index (χ1v) is 10.7. The largest absolute Gasteiger partial charge is 0.452 e. The van der Waals surface area contributed by atoms with Crippen molar-refractivity contribution in [3.8, 4) is 0 Å². The predicted molar refractivity (Wildman–Crippen MR) is 113 cm³/mol. The molecule has 0 bridgehead atoms. The Balaban J connectivity index is 1.54. The van der Waals surface area contributed by atoms with E-state index in [-0.39, 0.29) is 22.9 Å². The number of thioether (sulfide) groups is 1. The summed E-state index contributed by atoms with van der Waals surface area (Å²) in [6.45, 7) is 2.75. The summed E-state index contributed by atoms with van der Waals surface area (Å²) in [7, 11) is 0. The van der Waals surface area contributed by atoms with E-state index in [9.17, 15) is 18.8 Å². The number of amides is 2. The number of likely N-dealkylation sites (tertiary alicyclic amines) is 1. The van der Waals surface area contributed by atoms with Crippen LogP contribution < -0.4 is 5.32 Å². The number of ether oxygens (including phenoxy) is 1. The summed E-state index contributed by atoms with van der Waals surface area (Å²) in [5.41, 5.74) is 1.04. The third-order valence-corrected chi connectivity index (χ3v) is 5.71. The van der Waals surface area contributed by atoms with Crippen LogP contribution in [0.5, 0.6) is 0 Å². The van der Waals surface area contributed by atoms with Crippen molar-refractivity contribution in [1.82, 2.24) is 4.90 Å². The second-order valence-corrected chi connectivity index (χ2v) is 8.00. The van der Waals surface area contributed by atoms with E-state index in [2.05, 4.69) is 5.32 Å². The molecule has 1 N–H and O–H groups in total. The smallest absolute Gasteiger partial charge is 0.339 e. The van der Waals surface area contributed by atoms with Gasteiger partial charge >= 0.3 is 5.97 Å². The van der Waals surface area contributed by atoms with Gasteiger partial charge in [-0.2, -0.15) is 0 Å². The van der Waals surface area contributed by atoms with Gasteiger partial charge < -0.3 is 15.0 Å². The highest BCUT2D eigenvalue weighted by molar-refractivity contribution is 8.00. The van der Waals surface area contributed by atoms with Gasteiger partial charge in [-0.3, -0.25) is 9.59 Å². The van der Waals surface area contributed by atoms with Crippen LogP contribution in [-0.2, 0) is 14.3 Å². The van der Waals surface area contributed by atoms with Crippen LogP contribution in [0.1, 0.15) is 28.8 Å². The number of hydrogen-bond acceptors (Lipinski definition) is 5. The third-order valence-electron chi connectivity index (χ3n) is 4.65. The summed E-state index contributed by atoms with van der Waals surface area (Å²) >= 11 is 1.27. The first-order chi connectivity index (χ1) is 14.4. The number of anilines is 1. The number of benzene rings is 2. The monoisotopic (exact) mass is 430 g/mol. The minimum atomic E-state index is -0.675. The topological polar surface area (TPSA) is 75.7 Å². The molecule has 1 aliphatic rings.